The number of amides is 1. The molecule has 0 aliphatic heterocycles. The summed E-state index contributed by atoms with van der Waals surface area (Å²) in [6.45, 7) is 0.676. The zero-order valence-electron chi connectivity index (χ0n) is 16.0. The average Bonchev–Trinajstić information content (AvgIpc) is 3.05. The van der Waals surface area contributed by atoms with Gasteiger partial charge in [-0.2, -0.15) is 0 Å². The second kappa shape index (κ2) is 9.21. The average molecular weight is 437 g/mol. The first kappa shape index (κ1) is 20.3. The normalized spacial score (nSPS) is 11.8. The van der Waals surface area contributed by atoms with Crippen molar-refractivity contribution in [2.24, 2.45) is 0 Å². The fourth-order valence-electron chi connectivity index (χ4n) is 3.58. The molecule has 0 unspecified atom stereocenters. The summed E-state index contributed by atoms with van der Waals surface area (Å²) >= 11 is 11.7. The van der Waals surface area contributed by atoms with E-state index in [1.807, 2.05) is 24.3 Å². The highest BCUT2D eigenvalue weighted by atomic mass is 35.5. The smallest absolute Gasteiger partial charge is 0.407 e. The van der Waals surface area contributed by atoms with Crippen molar-refractivity contribution in [1.82, 2.24) is 10.3 Å². The highest BCUT2D eigenvalue weighted by molar-refractivity contribution is 6.32. The Hall–Kier alpha value is -3.00. The third-order valence-corrected chi connectivity index (χ3v) is 5.25. The van der Waals surface area contributed by atoms with Crippen LogP contribution in [-0.2, 0) is 4.74 Å². The molecule has 1 N–H and O–H groups in total. The molecule has 0 spiro atoms. The van der Waals surface area contributed by atoms with E-state index in [4.69, 9.17) is 27.9 Å². The second-order valence-corrected chi connectivity index (χ2v) is 7.58. The zero-order chi connectivity index (χ0) is 20.9. The van der Waals surface area contributed by atoms with Gasteiger partial charge in [0.05, 0.1) is 0 Å². The summed E-state index contributed by atoms with van der Waals surface area (Å²) in [5.74, 6) is 5.96. The molecule has 0 radical (unpaired) electrons. The third kappa shape index (κ3) is 4.59. The number of nitrogens with one attached hydrogen (secondary N) is 1. The first-order valence-corrected chi connectivity index (χ1v) is 10.3. The number of ether oxygens (including phenoxy) is 1. The third-order valence-electron chi connectivity index (χ3n) is 4.86. The highest BCUT2D eigenvalue weighted by Crippen LogP contribution is 2.44. The Morgan fingerprint density at radius 1 is 1.00 bits per heavy atom. The first-order chi connectivity index (χ1) is 14.6. The van der Waals surface area contributed by atoms with E-state index in [1.54, 1.807) is 12.1 Å². The van der Waals surface area contributed by atoms with Gasteiger partial charge in [-0.15, -0.1) is 0 Å². The van der Waals surface area contributed by atoms with Crippen molar-refractivity contribution in [3.8, 4) is 23.0 Å². The summed E-state index contributed by atoms with van der Waals surface area (Å²) in [5.41, 5.74) is 5.46. The summed E-state index contributed by atoms with van der Waals surface area (Å²) in [6.07, 6.45) is 0.0237. The van der Waals surface area contributed by atoms with E-state index in [0.717, 1.165) is 0 Å². The van der Waals surface area contributed by atoms with Crippen molar-refractivity contribution in [1.29, 1.82) is 0 Å². The SMILES string of the molecule is O=C(NCCC#Cc1cc(Cl)nc(Cl)c1)OCC1c2ccccc2-c2ccccc21. The van der Waals surface area contributed by atoms with Crippen LogP contribution in [0.15, 0.2) is 60.7 Å². The minimum Gasteiger partial charge on any atom is -0.449 e. The van der Waals surface area contributed by atoms with E-state index in [9.17, 15) is 4.79 Å². The molecule has 0 saturated carbocycles. The number of alkyl carbamates (subject to hydrolysis) is 1. The molecule has 4 rings (SSSR count). The fourth-order valence-corrected chi connectivity index (χ4v) is 4.04. The maximum absolute atomic E-state index is 12.1. The summed E-state index contributed by atoms with van der Waals surface area (Å²) in [6, 6.07) is 19.8. The fraction of sp³-hybridized carbons (Fsp3) is 0.167. The molecular weight excluding hydrogens is 419 g/mol. The molecule has 30 heavy (non-hydrogen) atoms. The van der Waals surface area contributed by atoms with Crippen molar-refractivity contribution in [2.75, 3.05) is 13.2 Å². The molecule has 1 aromatic heterocycles. The first-order valence-electron chi connectivity index (χ1n) is 9.52. The molecule has 0 saturated heterocycles. The van der Waals surface area contributed by atoms with Gasteiger partial charge in [0.25, 0.3) is 0 Å². The van der Waals surface area contributed by atoms with Crippen molar-refractivity contribution in [2.45, 2.75) is 12.3 Å². The number of hydrogen-bond donors (Lipinski definition) is 1. The van der Waals surface area contributed by atoms with E-state index < -0.39 is 6.09 Å². The highest BCUT2D eigenvalue weighted by Gasteiger charge is 2.28. The molecular formula is C24H18Cl2N2O2. The van der Waals surface area contributed by atoms with Gasteiger partial charge in [-0.3, -0.25) is 0 Å². The summed E-state index contributed by atoms with van der Waals surface area (Å²) < 4.78 is 5.49. The molecule has 150 valence electrons. The molecule has 1 amide bonds. The van der Waals surface area contributed by atoms with Crippen molar-refractivity contribution in [3.05, 3.63) is 87.7 Å². The number of nitrogens with zero attached hydrogens (tertiary/aromatic N) is 1. The molecule has 0 bridgehead atoms. The van der Waals surface area contributed by atoms with E-state index in [2.05, 4.69) is 46.4 Å². The Morgan fingerprint density at radius 2 is 1.60 bits per heavy atom. The van der Waals surface area contributed by atoms with Gasteiger partial charge in [0.2, 0.25) is 0 Å². The van der Waals surface area contributed by atoms with Crippen LogP contribution in [0.3, 0.4) is 0 Å². The lowest BCUT2D eigenvalue weighted by molar-refractivity contribution is 0.143. The maximum atomic E-state index is 12.1. The van der Waals surface area contributed by atoms with Crippen LogP contribution in [-0.4, -0.2) is 24.2 Å². The van der Waals surface area contributed by atoms with E-state index in [0.29, 0.717) is 35.4 Å². The van der Waals surface area contributed by atoms with Gasteiger partial charge in [-0.25, -0.2) is 9.78 Å². The minimum absolute atomic E-state index is 0.0455. The number of carbonyl (C=O) groups excluding carboxylic acids is 1. The molecule has 4 nitrogen and oxygen atoms in total. The topological polar surface area (TPSA) is 51.2 Å². The molecule has 1 heterocycles. The Labute approximate surface area is 185 Å². The van der Waals surface area contributed by atoms with Crippen molar-refractivity contribution >= 4 is 29.3 Å². The lowest BCUT2D eigenvalue weighted by atomic mass is 9.98. The number of hydrogen-bond acceptors (Lipinski definition) is 3. The number of halogens is 2. The summed E-state index contributed by atoms with van der Waals surface area (Å²) in [5, 5.41) is 3.33. The van der Waals surface area contributed by atoms with Crippen LogP contribution in [0.2, 0.25) is 10.3 Å². The van der Waals surface area contributed by atoms with Gasteiger partial charge in [-0.05, 0) is 34.4 Å². The predicted octanol–water partition coefficient (Wildman–Crippen LogP) is 5.67. The van der Waals surface area contributed by atoms with Gasteiger partial charge < -0.3 is 10.1 Å². The van der Waals surface area contributed by atoms with Gasteiger partial charge in [0.1, 0.15) is 16.9 Å². The molecule has 0 atom stereocenters. The summed E-state index contributed by atoms with van der Waals surface area (Å²) in [7, 11) is 0. The monoisotopic (exact) mass is 436 g/mol. The lowest BCUT2D eigenvalue weighted by Gasteiger charge is -2.14. The Morgan fingerprint density at radius 3 is 2.23 bits per heavy atom. The number of aromatic nitrogens is 1. The van der Waals surface area contributed by atoms with E-state index in [1.165, 1.54) is 22.3 Å². The van der Waals surface area contributed by atoms with Crippen molar-refractivity contribution in [3.63, 3.8) is 0 Å². The van der Waals surface area contributed by atoms with Crippen LogP contribution in [0.1, 0.15) is 29.0 Å². The van der Waals surface area contributed by atoms with Gasteiger partial charge in [0.15, 0.2) is 0 Å². The lowest BCUT2D eigenvalue weighted by Crippen LogP contribution is -2.26. The second-order valence-electron chi connectivity index (χ2n) is 6.81. The van der Waals surface area contributed by atoms with E-state index >= 15 is 0 Å². The zero-order valence-corrected chi connectivity index (χ0v) is 17.5. The van der Waals surface area contributed by atoms with Gasteiger partial charge >= 0.3 is 6.09 Å². The Bertz CT molecular complexity index is 1090. The number of carbonyl (C=O) groups is 1. The Balaban J connectivity index is 1.29. The van der Waals surface area contributed by atoms with Crippen molar-refractivity contribution < 1.29 is 9.53 Å². The molecule has 6 heteroatoms. The number of fused-ring (bicyclic) bond motifs is 3. The van der Waals surface area contributed by atoms with Crippen LogP contribution in [0.25, 0.3) is 11.1 Å². The molecule has 3 aromatic rings. The largest absolute Gasteiger partial charge is 0.449 e. The number of pyridine rings is 1. The van der Waals surface area contributed by atoms with Gasteiger partial charge in [-0.1, -0.05) is 83.6 Å². The summed E-state index contributed by atoms with van der Waals surface area (Å²) in [4.78, 5) is 16.0. The maximum Gasteiger partial charge on any atom is 0.407 e. The van der Waals surface area contributed by atoms with Crippen LogP contribution in [0.4, 0.5) is 4.79 Å². The van der Waals surface area contributed by atoms with Crippen LogP contribution in [0, 0.1) is 11.8 Å². The minimum atomic E-state index is -0.450. The number of benzene rings is 2. The van der Waals surface area contributed by atoms with Gasteiger partial charge in [0, 0.05) is 24.4 Å². The van der Waals surface area contributed by atoms with Crippen LogP contribution in [0.5, 0.6) is 0 Å². The molecule has 0 fully saturated rings. The standard InChI is InChI=1S/C24H18Cl2N2O2/c25-22-13-16(14-23(26)28-22)7-5-6-12-27-24(29)30-15-21-19-10-3-1-8-17(19)18-9-2-4-11-20(18)21/h1-4,8-11,13-14,21H,6,12,15H2,(H,27,29). The predicted molar refractivity (Wildman–Crippen MR) is 119 cm³/mol. The van der Waals surface area contributed by atoms with Crippen LogP contribution < -0.4 is 5.32 Å². The molecule has 1 aliphatic rings. The van der Waals surface area contributed by atoms with E-state index in [-0.39, 0.29) is 5.92 Å². The Kier molecular flexibility index (Phi) is 6.23. The quantitative estimate of drug-likeness (QED) is 0.325. The molecule has 1 aliphatic carbocycles. The van der Waals surface area contributed by atoms with Crippen LogP contribution >= 0.6 is 23.2 Å². The number of rotatable bonds is 4. The molecule has 2 aromatic carbocycles.